The van der Waals surface area contributed by atoms with Crippen LogP contribution in [-0.4, -0.2) is 6.04 Å². The van der Waals surface area contributed by atoms with Gasteiger partial charge in [0, 0.05) is 16.6 Å². The van der Waals surface area contributed by atoms with Crippen LogP contribution in [0.25, 0.3) is 11.3 Å². The van der Waals surface area contributed by atoms with Crippen molar-refractivity contribution in [3.8, 4) is 11.3 Å². The van der Waals surface area contributed by atoms with E-state index in [2.05, 4.69) is 17.4 Å². The second kappa shape index (κ2) is 9.50. The molecule has 0 bridgehead atoms. The van der Waals surface area contributed by atoms with Crippen LogP contribution in [0.3, 0.4) is 0 Å². The summed E-state index contributed by atoms with van der Waals surface area (Å²) in [5, 5.41) is 4.46. The molecule has 0 atom stereocenters. The number of hydrogen-bond donors (Lipinski definition) is 1. The highest BCUT2D eigenvalue weighted by Gasteiger charge is 2.12. The van der Waals surface area contributed by atoms with E-state index in [1.54, 1.807) is 0 Å². The smallest absolute Gasteiger partial charge is 0.134 e. The van der Waals surface area contributed by atoms with Crippen molar-refractivity contribution in [2.45, 2.75) is 64.5 Å². The third-order valence-corrected chi connectivity index (χ3v) is 5.20. The van der Waals surface area contributed by atoms with Crippen molar-refractivity contribution in [2.75, 3.05) is 0 Å². The van der Waals surface area contributed by atoms with Gasteiger partial charge in [0.2, 0.25) is 0 Å². The van der Waals surface area contributed by atoms with Crippen LogP contribution in [0.5, 0.6) is 0 Å². The summed E-state index contributed by atoms with van der Waals surface area (Å²) in [6.45, 7) is 2.82. The van der Waals surface area contributed by atoms with Crippen LogP contribution in [0.15, 0.2) is 34.7 Å². The molecule has 1 heterocycles. The Hall–Kier alpha value is -0.960. The minimum atomic E-state index is 0. The molecule has 0 saturated heterocycles. The van der Waals surface area contributed by atoms with Crippen molar-refractivity contribution >= 4 is 24.0 Å². The summed E-state index contributed by atoms with van der Waals surface area (Å²) in [5.41, 5.74) is 2.13. The van der Waals surface area contributed by atoms with Gasteiger partial charge in [0.05, 0.1) is 6.54 Å². The van der Waals surface area contributed by atoms with Gasteiger partial charge < -0.3 is 9.73 Å². The number of furan rings is 1. The van der Waals surface area contributed by atoms with E-state index in [0.717, 1.165) is 34.2 Å². The monoisotopic (exact) mass is 367 g/mol. The van der Waals surface area contributed by atoms with E-state index < -0.39 is 0 Å². The lowest BCUT2D eigenvalue weighted by Gasteiger charge is -2.20. The first-order valence-electron chi connectivity index (χ1n) is 8.81. The maximum Gasteiger partial charge on any atom is 0.134 e. The highest BCUT2D eigenvalue weighted by molar-refractivity contribution is 6.31. The molecule has 0 unspecified atom stereocenters. The standard InChI is InChI=1S/C20H26ClNO.ClH/c1-15-9-10-16(13-19(15)21)20-12-11-18(23-20)14-22-17-7-5-3-2-4-6-8-17;/h9-13,17,22H,2-8,14H2,1H3;1H. The normalized spacial score (nSPS) is 16.2. The van der Waals surface area contributed by atoms with Crippen LogP contribution in [0.4, 0.5) is 0 Å². The van der Waals surface area contributed by atoms with Gasteiger partial charge in [-0.1, -0.05) is 55.8 Å². The van der Waals surface area contributed by atoms with Crippen LogP contribution < -0.4 is 5.32 Å². The summed E-state index contributed by atoms with van der Waals surface area (Å²) in [4.78, 5) is 0. The maximum absolute atomic E-state index is 6.21. The van der Waals surface area contributed by atoms with Gasteiger partial charge in [-0.05, 0) is 43.5 Å². The molecule has 24 heavy (non-hydrogen) atoms. The van der Waals surface area contributed by atoms with Crippen LogP contribution in [0.2, 0.25) is 5.02 Å². The Bertz CT molecular complexity index is 630. The molecule has 1 aliphatic rings. The van der Waals surface area contributed by atoms with Crippen molar-refractivity contribution < 1.29 is 4.42 Å². The quantitative estimate of drug-likeness (QED) is 0.663. The maximum atomic E-state index is 6.21. The fourth-order valence-corrected chi connectivity index (χ4v) is 3.46. The predicted molar refractivity (Wildman–Crippen MR) is 104 cm³/mol. The van der Waals surface area contributed by atoms with Gasteiger partial charge in [0.25, 0.3) is 0 Å². The molecule has 1 saturated carbocycles. The Morgan fingerprint density at radius 2 is 1.75 bits per heavy atom. The molecule has 1 aromatic carbocycles. The molecule has 1 aromatic heterocycles. The van der Waals surface area contributed by atoms with Crippen LogP contribution in [-0.2, 0) is 6.54 Å². The molecular formula is C20H27Cl2NO. The highest BCUT2D eigenvalue weighted by atomic mass is 35.5. The molecule has 132 valence electrons. The number of benzene rings is 1. The molecule has 0 radical (unpaired) electrons. The van der Waals surface area contributed by atoms with Gasteiger partial charge in [0.15, 0.2) is 0 Å². The largest absolute Gasteiger partial charge is 0.460 e. The number of halogens is 2. The van der Waals surface area contributed by atoms with Gasteiger partial charge >= 0.3 is 0 Å². The molecule has 1 fully saturated rings. The van der Waals surface area contributed by atoms with E-state index in [4.69, 9.17) is 16.0 Å². The van der Waals surface area contributed by atoms with Gasteiger partial charge in [-0.15, -0.1) is 12.4 Å². The molecule has 2 aromatic rings. The SMILES string of the molecule is Cc1ccc(-c2ccc(CNC3CCCCCCC3)o2)cc1Cl.Cl. The Morgan fingerprint density at radius 3 is 2.46 bits per heavy atom. The van der Waals surface area contributed by atoms with E-state index in [1.807, 2.05) is 25.1 Å². The van der Waals surface area contributed by atoms with Crippen LogP contribution in [0.1, 0.15) is 56.3 Å². The molecule has 0 aliphatic heterocycles. The Labute approximate surface area is 156 Å². The van der Waals surface area contributed by atoms with Crippen molar-refractivity contribution in [3.63, 3.8) is 0 Å². The zero-order valence-electron chi connectivity index (χ0n) is 14.3. The lowest BCUT2D eigenvalue weighted by molar-refractivity contribution is 0.373. The predicted octanol–water partition coefficient (Wildman–Crippen LogP) is 6.53. The summed E-state index contributed by atoms with van der Waals surface area (Å²) in [6.07, 6.45) is 9.47. The Kier molecular flexibility index (Phi) is 7.67. The number of hydrogen-bond acceptors (Lipinski definition) is 2. The summed E-state index contributed by atoms with van der Waals surface area (Å²) in [6, 6.07) is 10.8. The van der Waals surface area contributed by atoms with E-state index in [-0.39, 0.29) is 12.4 Å². The zero-order chi connectivity index (χ0) is 16.1. The number of nitrogens with one attached hydrogen (secondary N) is 1. The minimum absolute atomic E-state index is 0. The first-order chi connectivity index (χ1) is 11.2. The van der Waals surface area contributed by atoms with E-state index in [1.165, 1.54) is 44.9 Å². The van der Waals surface area contributed by atoms with Crippen LogP contribution >= 0.6 is 24.0 Å². The molecule has 0 spiro atoms. The van der Waals surface area contributed by atoms with Crippen molar-refractivity contribution in [1.82, 2.24) is 5.32 Å². The number of aryl methyl sites for hydroxylation is 1. The summed E-state index contributed by atoms with van der Waals surface area (Å²) >= 11 is 6.21. The second-order valence-electron chi connectivity index (χ2n) is 6.65. The molecule has 0 amide bonds. The molecule has 4 heteroatoms. The van der Waals surface area contributed by atoms with Gasteiger partial charge in [-0.25, -0.2) is 0 Å². The average molecular weight is 368 g/mol. The van der Waals surface area contributed by atoms with E-state index in [9.17, 15) is 0 Å². The summed E-state index contributed by atoms with van der Waals surface area (Å²) in [7, 11) is 0. The zero-order valence-corrected chi connectivity index (χ0v) is 15.9. The minimum Gasteiger partial charge on any atom is -0.460 e. The molecule has 2 nitrogen and oxygen atoms in total. The fraction of sp³-hybridized carbons (Fsp3) is 0.500. The average Bonchev–Trinajstić information content (AvgIpc) is 2.98. The van der Waals surface area contributed by atoms with E-state index in [0.29, 0.717) is 6.04 Å². The van der Waals surface area contributed by atoms with Gasteiger partial charge in [0.1, 0.15) is 11.5 Å². The van der Waals surface area contributed by atoms with Gasteiger partial charge in [-0.3, -0.25) is 0 Å². The Morgan fingerprint density at radius 1 is 1.04 bits per heavy atom. The first kappa shape index (κ1) is 19.4. The van der Waals surface area contributed by atoms with Crippen molar-refractivity contribution in [2.24, 2.45) is 0 Å². The summed E-state index contributed by atoms with van der Waals surface area (Å²) in [5.74, 6) is 1.89. The second-order valence-corrected chi connectivity index (χ2v) is 7.06. The molecule has 3 rings (SSSR count). The van der Waals surface area contributed by atoms with Crippen LogP contribution in [0, 0.1) is 6.92 Å². The molecular weight excluding hydrogens is 341 g/mol. The first-order valence-corrected chi connectivity index (χ1v) is 9.19. The lowest BCUT2D eigenvalue weighted by atomic mass is 9.97. The van der Waals surface area contributed by atoms with Gasteiger partial charge in [-0.2, -0.15) is 0 Å². The van der Waals surface area contributed by atoms with Crippen molar-refractivity contribution in [3.05, 3.63) is 46.7 Å². The topological polar surface area (TPSA) is 25.2 Å². The lowest BCUT2D eigenvalue weighted by Crippen LogP contribution is -2.29. The summed E-state index contributed by atoms with van der Waals surface area (Å²) < 4.78 is 5.99. The Balaban J connectivity index is 0.00000208. The molecule has 1 N–H and O–H groups in total. The highest BCUT2D eigenvalue weighted by Crippen LogP contribution is 2.27. The number of rotatable bonds is 4. The fourth-order valence-electron chi connectivity index (χ4n) is 3.28. The third-order valence-electron chi connectivity index (χ3n) is 4.79. The molecule has 1 aliphatic carbocycles. The third kappa shape index (κ3) is 5.27. The van der Waals surface area contributed by atoms with E-state index >= 15 is 0 Å². The van der Waals surface area contributed by atoms with Crippen molar-refractivity contribution in [1.29, 1.82) is 0 Å².